The van der Waals surface area contributed by atoms with Gasteiger partial charge in [0.1, 0.15) is 0 Å². The first-order valence-corrected chi connectivity index (χ1v) is 5.22. The zero-order valence-electron chi connectivity index (χ0n) is 9.86. The van der Waals surface area contributed by atoms with Crippen LogP contribution in [0, 0.1) is 0 Å². The minimum atomic E-state index is 0.116. The van der Waals surface area contributed by atoms with Crippen LogP contribution < -0.4 is 0 Å². The number of likely N-dealkylation sites (N-methyl/N-ethyl adjacent to an activating group) is 1. The highest BCUT2D eigenvalue weighted by Crippen LogP contribution is 2.08. The summed E-state index contributed by atoms with van der Waals surface area (Å²) in [6.45, 7) is 7.36. The summed E-state index contributed by atoms with van der Waals surface area (Å²) in [6.07, 6.45) is 7.85. The molecule has 0 unspecified atom stereocenters. The Labute approximate surface area is 92.2 Å². The molecule has 0 aromatic carbocycles. The predicted octanol–water partition coefficient (Wildman–Crippen LogP) is 2.75. The van der Waals surface area contributed by atoms with Crippen molar-refractivity contribution in [1.82, 2.24) is 4.90 Å². The zero-order chi connectivity index (χ0) is 11.7. The minimum Gasteiger partial charge on any atom is -0.314 e. The first-order chi connectivity index (χ1) is 7.17. The molecular formula is C12H20N2O. The van der Waals surface area contributed by atoms with Gasteiger partial charge in [-0.3, -0.25) is 9.79 Å². The minimum absolute atomic E-state index is 0.116. The predicted molar refractivity (Wildman–Crippen MR) is 64.7 cm³/mol. The highest BCUT2D eigenvalue weighted by Gasteiger charge is 2.10. The fourth-order valence-corrected chi connectivity index (χ4v) is 1.15. The molecule has 0 heterocycles. The Morgan fingerprint density at radius 1 is 1.53 bits per heavy atom. The van der Waals surface area contributed by atoms with Crippen molar-refractivity contribution < 1.29 is 4.79 Å². The highest BCUT2D eigenvalue weighted by atomic mass is 16.2. The van der Waals surface area contributed by atoms with Crippen LogP contribution in [0.1, 0.15) is 33.1 Å². The Morgan fingerprint density at radius 2 is 2.20 bits per heavy atom. The van der Waals surface area contributed by atoms with Crippen LogP contribution in [0.15, 0.2) is 29.0 Å². The van der Waals surface area contributed by atoms with Crippen LogP contribution in [-0.2, 0) is 4.79 Å². The molecule has 0 saturated heterocycles. The molecule has 0 aliphatic heterocycles. The second-order valence-corrected chi connectivity index (χ2v) is 3.29. The van der Waals surface area contributed by atoms with Crippen molar-refractivity contribution in [2.24, 2.45) is 4.99 Å². The van der Waals surface area contributed by atoms with Crippen molar-refractivity contribution in [2.75, 3.05) is 7.05 Å². The second-order valence-electron chi connectivity index (χ2n) is 3.29. The number of unbranched alkanes of at least 4 members (excludes halogenated alkanes) is 1. The summed E-state index contributed by atoms with van der Waals surface area (Å²) in [5, 5.41) is 0. The van der Waals surface area contributed by atoms with Gasteiger partial charge in [-0.2, -0.15) is 0 Å². The Morgan fingerprint density at radius 3 is 2.67 bits per heavy atom. The van der Waals surface area contributed by atoms with Crippen LogP contribution in [0.3, 0.4) is 0 Å². The molecule has 0 spiro atoms. The second kappa shape index (κ2) is 7.97. The van der Waals surface area contributed by atoms with Crippen molar-refractivity contribution in [3.63, 3.8) is 0 Å². The van der Waals surface area contributed by atoms with Gasteiger partial charge < -0.3 is 4.90 Å². The van der Waals surface area contributed by atoms with Gasteiger partial charge in [0.15, 0.2) is 0 Å². The third-order valence-corrected chi connectivity index (χ3v) is 2.07. The highest BCUT2D eigenvalue weighted by molar-refractivity contribution is 5.78. The van der Waals surface area contributed by atoms with Crippen LogP contribution >= 0.6 is 0 Å². The number of amides is 1. The molecule has 0 aromatic rings. The van der Waals surface area contributed by atoms with Gasteiger partial charge in [0.2, 0.25) is 5.91 Å². The number of hydrogen-bond donors (Lipinski definition) is 0. The van der Waals surface area contributed by atoms with E-state index in [-0.39, 0.29) is 5.91 Å². The average molecular weight is 208 g/mol. The van der Waals surface area contributed by atoms with E-state index >= 15 is 0 Å². The van der Waals surface area contributed by atoms with Gasteiger partial charge in [0.25, 0.3) is 0 Å². The number of hydrogen-bond acceptors (Lipinski definition) is 2. The van der Waals surface area contributed by atoms with Gasteiger partial charge in [-0.05, 0) is 26.1 Å². The summed E-state index contributed by atoms with van der Waals surface area (Å²) in [7, 11) is 1.76. The molecule has 1 amide bonds. The molecular weight excluding hydrogens is 188 g/mol. The maximum absolute atomic E-state index is 11.7. The molecule has 3 nitrogen and oxygen atoms in total. The largest absolute Gasteiger partial charge is 0.314 e. The molecule has 3 heteroatoms. The molecule has 0 rings (SSSR count). The lowest BCUT2D eigenvalue weighted by Crippen LogP contribution is -2.24. The van der Waals surface area contributed by atoms with E-state index in [0.29, 0.717) is 6.42 Å². The zero-order valence-corrected chi connectivity index (χ0v) is 9.86. The van der Waals surface area contributed by atoms with E-state index < -0.39 is 0 Å². The van der Waals surface area contributed by atoms with Crippen molar-refractivity contribution in [1.29, 1.82) is 0 Å². The summed E-state index contributed by atoms with van der Waals surface area (Å²) in [5.41, 5.74) is 0.772. The third-order valence-electron chi connectivity index (χ3n) is 2.07. The molecule has 0 radical (unpaired) electrons. The first kappa shape index (κ1) is 13.6. The SMILES string of the molecule is C=N/C=C(\C=C/C)N(C)C(=O)CCCC. The number of rotatable bonds is 6. The van der Waals surface area contributed by atoms with Crippen molar-refractivity contribution in [3.8, 4) is 0 Å². The standard InChI is InChI=1S/C12H20N2O/c1-5-7-9-12(15)14(4)11(8-6-2)10-13-3/h6,8,10H,3,5,7,9H2,1-2,4H3/b8-6-,11-10+. The Kier molecular flexibility index (Phi) is 7.24. The van der Waals surface area contributed by atoms with E-state index in [4.69, 9.17) is 0 Å². The summed E-state index contributed by atoms with van der Waals surface area (Å²) < 4.78 is 0. The third kappa shape index (κ3) is 5.15. The van der Waals surface area contributed by atoms with Gasteiger partial charge in [-0.15, -0.1) is 0 Å². The van der Waals surface area contributed by atoms with Gasteiger partial charge in [-0.25, -0.2) is 0 Å². The Bertz CT molecular complexity index is 267. The maximum atomic E-state index is 11.7. The Balaban J connectivity index is 4.49. The Hall–Kier alpha value is -1.38. The number of nitrogens with zero attached hydrogens (tertiary/aromatic N) is 2. The molecule has 0 aliphatic carbocycles. The molecule has 0 N–H and O–H groups in total. The molecule has 0 aliphatic rings. The molecule has 84 valence electrons. The van der Waals surface area contributed by atoms with Crippen molar-refractivity contribution in [2.45, 2.75) is 33.1 Å². The average Bonchev–Trinajstić information content (AvgIpc) is 2.24. The van der Waals surface area contributed by atoms with E-state index in [1.807, 2.05) is 19.1 Å². The molecule has 0 aromatic heterocycles. The van der Waals surface area contributed by atoms with Crippen LogP contribution in [0.4, 0.5) is 0 Å². The fourth-order valence-electron chi connectivity index (χ4n) is 1.15. The lowest BCUT2D eigenvalue weighted by Gasteiger charge is -2.17. The number of allylic oxidation sites excluding steroid dienone is 2. The normalized spacial score (nSPS) is 11.8. The van der Waals surface area contributed by atoms with Crippen LogP contribution in [0.5, 0.6) is 0 Å². The maximum Gasteiger partial charge on any atom is 0.226 e. The molecule has 0 bridgehead atoms. The lowest BCUT2D eigenvalue weighted by atomic mass is 10.2. The van der Waals surface area contributed by atoms with E-state index in [0.717, 1.165) is 18.5 Å². The summed E-state index contributed by atoms with van der Waals surface area (Å²) >= 11 is 0. The van der Waals surface area contributed by atoms with E-state index in [1.54, 1.807) is 18.1 Å². The van der Waals surface area contributed by atoms with Gasteiger partial charge in [0, 0.05) is 19.7 Å². The molecule has 15 heavy (non-hydrogen) atoms. The fraction of sp³-hybridized carbons (Fsp3) is 0.500. The van der Waals surface area contributed by atoms with Crippen molar-refractivity contribution >= 4 is 12.6 Å². The molecule has 0 fully saturated rings. The topological polar surface area (TPSA) is 32.7 Å². The van der Waals surface area contributed by atoms with E-state index in [2.05, 4.69) is 18.6 Å². The van der Waals surface area contributed by atoms with Gasteiger partial charge in [0.05, 0.1) is 5.70 Å². The summed E-state index contributed by atoms with van der Waals surface area (Å²) in [4.78, 5) is 17.0. The van der Waals surface area contributed by atoms with Crippen LogP contribution in [0.2, 0.25) is 0 Å². The van der Waals surface area contributed by atoms with E-state index in [9.17, 15) is 4.79 Å². The van der Waals surface area contributed by atoms with Gasteiger partial charge in [-0.1, -0.05) is 19.4 Å². The number of carbonyl (C=O) groups is 1. The van der Waals surface area contributed by atoms with Crippen LogP contribution in [-0.4, -0.2) is 24.6 Å². The summed E-state index contributed by atoms with van der Waals surface area (Å²) in [5.74, 6) is 0.116. The smallest absolute Gasteiger partial charge is 0.226 e. The van der Waals surface area contributed by atoms with E-state index in [1.165, 1.54) is 0 Å². The summed E-state index contributed by atoms with van der Waals surface area (Å²) in [6, 6.07) is 0. The van der Waals surface area contributed by atoms with Crippen LogP contribution in [0.25, 0.3) is 0 Å². The lowest BCUT2D eigenvalue weighted by molar-refractivity contribution is -0.128. The molecule has 0 saturated carbocycles. The van der Waals surface area contributed by atoms with Gasteiger partial charge >= 0.3 is 0 Å². The monoisotopic (exact) mass is 208 g/mol. The first-order valence-electron chi connectivity index (χ1n) is 5.22. The quantitative estimate of drug-likeness (QED) is 0.488. The molecule has 0 atom stereocenters. The number of carbonyl (C=O) groups excluding carboxylic acids is 1. The number of aliphatic imine (C=N–C) groups is 1. The van der Waals surface area contributed by atoms with Crippen molar-refractivity contribution in [3.05, 3.63) is 24.0 Å².